The van der Waals surface area contributed by atoms with Gasteiger partial charge in [-0.2, -0.15) is 0 Å². The second-order valence-electron chi connectivity index (χ2n) is 6.83. The Balaban J connectivity index is 1.89. The SMILES string of the molecule is CC(C)(C)c1ccc2c(c1)CN(CCC(=O)NCCN)C2. The molecule has 2 rings (SSSR count). The molecule has 0 fully saturated rings. The van der Waals surface area contributed by atoms with Gasteiger partial charge in [0.2, 0.25) is 5.91 Å². The lowest BCUT2D eigenvalue weighted by atomic mass is 9.85. The molecule has 4 nitrogen and oxygen atoms in total. The average Bonchev–Trinajstić information content (AvgIpc) is 2.83. The van der Waals surface area contributed by atoms with Gasteiger partial charge >= 0.3 is 0 Å². The third-order valence-corrected chi connectivity index (χ3v) is 3.98. The summed E-state index contributed by atoms with van der Waals surface area (Å²) in [4.78, 5) is 14.0. The van der Waals surface area contributed by atoms with Crippen molar-refractivity contribution in [1.82, 2.24) is 10.2 Å². The summed E-state index contributed by atoms with van der Waals surface area (Å²) in [5.41, 5.74) is 9.74. The van der Waals surface area contributed by atoms with Crippen LogP contribution in [0, 0.1) is 0 Å². The molecule has 1 aromatic rings. The van der Waals surface area contributed by atoms with Gasteiger partial charge in [0, 0.05) is 39.1 Å². The van der Waals surface area contributed by atoms with Crippen molar-refractivity contribution in [3.63, 3.8) is 0 Å². The summed E-state index contributed by atoms with van der Waals surface area (Å²) < 4.78 is 0. The van der Waals surface area contributed by atoms with Gasteiger partial charge in [0.25, 0.3) is 0 Å². The molecular formula is C17H27N3O. The number of carbonyl (C=O) groups is 1. The molecule has 0 saturated heterocycles. The molecule has 1 aliphatic rings. The summed E-state index contributed by atoms with van der Waals surface area (Å²) in [6.45, 7) is 10.5. The van der Waals surface area contributed by atoms with Gasteiger partial charge in [0.1, 0.15) is 0 Å². The Morgan fingerprint density at radius 2 is 2.00 bits per heavy atom. The lowest BCUT2D eigenvalue weighted by molar-refractivity contribution is -0.121. The summed E-state index contributed by atoms with van der Waals surface area (Å²) >= 11 is 0. The molecule has 21 heavy (non-hydrogen) atoms. The molecule has 0 spiro atoms. The van der Waals surface area contributed by atoms with E-state index in [1.54, 1.807) is 0 Å². The summed E-state index contributed by atoms with van der Waals surface area (Å²) in [6.07, 6.45) is 0.542. The predicted octanol–water partition coefficient (Wildman–Crippen LogP) is 1.76. The number of amides is 1. The lowest BCUT2D eigenvalue weighted by Crippen LogP contribution is -2.31. The van der Waals surface area contributed by atoms with E-state index in [9.17, 15) is 4.79 Å². The van der Waals surface area contributed by atoms with Crippen LogP contribution in [0.15, 0.2) is 18.2 Å². The molecular weight excluding hydrogens is 262 g/mol. The molecule has 116 valence electrons. The fraction of sp³-hybridized carbons (Fsp3) is 0.588. The van der Waals surface area contributed by atoms with Gasteiger partial charge in [0.15, 0.2) is 0 Å². The van der Waals surface area contributed by atoms with Crippen molar-refractivity contribution in [3.8, 4) is 0 Å². The number of nitrogens with one attached hydrogen (secondary N) is 1. The van der Waals surface area contributed by atoms with Crippen molar-refractivity contribution >= 4 is 5.91 Å². The number of carbonyl (C=O) groups excluding carboxylic acids is 1. The normalized spacial score (nSPS) is 15.0. The van der Waals surface area contributed by atoms with Gasteiger partial charge in [0.05, 0.1) is 0 Å². The largest absolute Gasteiger partial charge is 0.355 e. The number of hydrogen-bond acceptors (Lipinski definition) is 3. The Labute approximate surface area is 127 Å². The standard InChI is InChI=1S/C17H27N3O/c1-17(2,3)15-5-4-13-11-20(12-14(13)10-15)9-6-16(21)19-8-7-18/h4-5,10H,6-9,11-12,18H2,1-3H3,(H,19,21). The monoisotopic (exact) mass is 289 g/mol. The Hall–Kier alpha value is -1.39. The summed E-state index contributed by atoms with van der Waals surface area (Å²) in [5, 5.41) is 2.82. The van der Waals surface area contributed by atoms with E-state index >= 15 is 0 Å². The molecule has 3 N–H and O–H groups in total. The Kier molecular flexibility index (Phi) is 5.01. The summed E-state index contributed by atoms with van der Waals surface area (Å²) in [5.74, 6) is 0.0896. The van der Waals surface area contributed by atoms with Crippen LogP contribution >= 0.6 is 0 Å². The average molecular weight is 289 g/mol. The summed E-state index contributed by atoms with van der Waals surface area (Å²) in [7, 11) is 0. The van der Waals surface area contributed by atoms with E-state index in [4.69, 9.17) is 5.73 Å². The van der Waals surface area contributed by atoms with E-state index in [-0.39, 0.29) is 11.3 Å². The van der Waals surface area contributed by atoms with Crippen LogP contribution in [0.5, 0.6) is 0 Å². The van der Waals surface area contributed by atoms with Crippen molar-refractivity contribution < 1.29 is 4.79 Å². The highest BCUT2D eigenvalue weighted by molar-refractivity contribution is 5.76. The first-order valence-electron chi connectivity index (χ1n) is 7.71. The summed E-state index contributed by atoms with van der Waals surface area (Å²) in [6, 6.07) is 6.80. The van der Waals surface area contributed by atoms with Crippen LogP contribution in [0.1, 0.15) is 43.9 Å². The molecule has 0 bridgehead atoms. The highest BCUT2D eigenvalue weighted by atomic mass is 16.1. The zero-order valence-electron chi connectivity index (χ0n) is 13.4. The minimum atomic E-state index is 0.0896. The fourth-order valence-electron chi connectivity index (χ4n) is 2.65. The van der Waals surface area contributed by atoms with Gasteiger partial charge in [-0.3, -0.25) is 9.69 Å². The van der Waals surface area contributed by atoms with Crippen molar-refractivity contribution in [2.45, 2.75) is 45.7 Å². The van der Waals surface area contributed by atoms with Crippen LogP contribution in [0.3, 0.4) is 0 Å². The molecule has 4 heteroatoms. The van der Waals surface area contributed by atoms with Gasteiger partial charge in [-0.15, -0.1) is 0 Å². The lowest BCUT2D eigenvalue weighted by Gasteiger charge is -2.19. The zero-order valence-corrected chi connectivity index (χ0v) is 13.4. The molecule has 1 amide bonds. The Morgan fingerprint density at radius 1 is 1.29 bits per heavy atom. The van der Waals surface area contributed by atoms with Crippen molar-refractivity contribution in [2.24, 2.45) is 5.73 Å². The number of rotatable bonds is 5. The van der Waals surface area contributed by atoms with Gasteiger partial charge in [-0.05, 0) is 22.1 Å². The van der Waals surface area contributed by atoms with Crippen LogP contribution < -0.4 is 11.1 Å². The van der Waals surface area contributed by atoms with Crippen LogP contribution in [-0.4, -0.2) is 30.4 Å². The minimum absolute atomic E-state index is 0.0896. The van der Waals surface area contributed by atoms with E-state index in [2.05, 4.69) is 49.2 Å². The van der Waals surface area contributed by atoms with Crippen LogP contribution in [0.4, 0.5) is 0 Å². The van der Waals surface area contributed by atoms with Gasteiger partial charge in [-0.1, -0.05) is 39.0 Å². The molecule has 0 aliphatic carbocycles. The fourth-order valence-corrected chi connectivity index (χ4v) is 2.65. The third kappa shape index (κ3) is 4.29. The van der Waals surface area contributed by atoms with E-state index in [1.807, 2.05) is 0 Å². The van der Waals surface area contributed by atoms with E-state index in [1.165, 1.54) is 16.7 Å². The van der Waals surface area contributed by atoms with Crippen molar-refractivity contribution in [1.29, 1.82) is 0 Å². The van der Waals surface area contributed by atoms with E-state index < -0.39 is 0 Å². The van der Waals surface area contributed by atoms with E-state index in [0.717, 1.165) is 19.6 Å². The quantitative estimate of drug-likeness (QED) is 0.868. The first-order chi connectivity index (χ1) is 9.90. The zero-order chi connectivity index (χ0) is 15.5. The smallest absolute Gasteiger partial charge is 0.221 e. The molecule has 0 atom stereocenters. The van der Waals surface area contributed by atoms with Crippen LogP contribution in [0.25, 0.3) is 0 Å². The van der Waals surface area contributed by atoms with Crippen molar-refractivity contribution in [2.75, 3.05) is 19.6 Å². The number of fused-ring (bicyclic) bond motifs is 1. The Bertz CT molecular complexity index is 505. The maximum absolute atomic E-state index is 11.6. The maximum Gasteiger partial charge on any atom is 0.221 e. The second kappa shape index (κ2) is 6.58. The van der Waals surface area contributed by atoms with Crippen molar-refractivity contribution in [3.05, 3.63) is 34.9 Å². The third-order valence-electron chi connectivity index (χ3n) is 3.98. The number of nitrogens with two attached hydrogens (primary N) is 1. The molecule has 0 saturated carbocycles. The van der Waals surface area contributed by atoms with Gasteiger partial charge in [-0.25, -0.2) is 0 Å². The topological polar surface area (TPSA) is 58.4 Å². The van der Waals surface area contributed by atoms with Crippen LogP contribution in [-0.2, 0) is 23.3 Å². The highest BCUT2D eigenvalue weighted by Gasteiger charge is 2.22. The predicted molar refractivity (Wildman–Crippen MR) is 85.9 cm³/mol. The highest BCUT2D eigenvalue weighted by Crippen LogP contribution is 2.29. The maximum atomic E-state index is 11.6. The Morgan fingerprint density at radius 3 is 2.67 bits per heavy atom. The number of nitrogens with zero attached hydrogens (tertiary/aromatic N) is 1. The van der Waals surface area contributed by atoms with E-state index in [0.29, 0.717) is 19.5 Å². The molecule has 0 unspecified atom stereocenters. The second-order valence-corrected chi connectivity index (χ2v) is 6.83. The van der Waals surface area contributed by atoms with Gasteiger partial charge < -0.3 is 11.1 Å². The minimum Gasteiger partial charge on any atom is -0.355 e. The number of benzene rings is 1. The molecule has 0 aromatic heterocycles. The first kappa shape index (κ1) is 16.0. The van der Waals surface area contributed by atoms with Crippen LogP contribution in [0.2, 0.25) is 0 Å². The number of hydrogen-bond donors (Lipinski definition) is 2. The first-order valence-corrected chi connectivity index (χ1v) is 7.71. The molecule has 1 aliphatic heterocycles. The molecule has 0 radical (unpaired) electrons. The molecule has 1 aromatic carbocycles. The molecule has 1 heterocycles.